The Hall–Kier alpha value is -1.97. The Morgan fingerprint density at radius 3 is 2.87 bits per heavy atom. The second kappa shape index (κ2) is 3.65. The quantitative estimate of drug-likeness (QED) is 0.502. The predicted octanol–water partition coefficient (Wildman–Crippen LogP) is 0.843. The van der Waals surface area contributed by atoms with Crippen molar-refractivity contribution in [1.82, 2.24) is 0 Å². The zero-order valence-corrected chi connectivity index (χ0v) is 8.14. The number of esters is 1. The number of hydrogen-bond donors (Lipinski definition) is 0. The van der Waals surface area contributed by atoms with Gasteiger partial charge in [-0.25, -0.2) is 4.79 Å². The highest BCUT2D eigenvalue weighted by molar-refractivity contribution is 6.18. The molecule has 0 amide bonds. The molecule has 1 unspecified atom stereocenters. The van der Waals surface area contributed by atoms with E-state index in [1.807, 2.05) is 6.07 Å². The molecule has 1 atom stereocenters. The number of methoxy groups -OCH3 is 1. The van der Waals surface area contributed by atoms with E-state index in [-0.39, 0.29) is 5.78 Å². The summed E-state index contributed by atoms with van der Waals surface area (Å²) in [7, 11) is 1.24. The van der Waals surface area contributed by atoms with Gasteiger partial charge in [0.25, 0.3) is 0 Å². The zero-order valence-electron chi connectivity index (χ0n) is 8.14. The summed E-state index contributed by atoms with van der Waals surface area (Å²) in [6, 6.07) is 5.99. The molecule has 15 heavy (non-hydrogen) atoms. The molecule has 0 saturated carbocycles. The summed E-state index contributed by atoms with van der Waals surface area (Å²) in [5.41, 5.74) is 1.26. The SMILES string of the molecule is COC(=O)C1N=Cc2ccccc2C1=O. The first-order chi connectivity index (χ1) is 7.24. The smallest absolute Gasteiger partial charge is 0.338 e. The van der Waals surface area contributed by atoms with Gasteiger partial charge in [0.15, 0.2) is 5.78 Å². The zero-order chi connectivity index (χ0) is 10.8. The number of carbonyl (C=O) groups is 2. The molecule has 1 aromatic carbocycles. The topological polar surface area (TPSA) is 55.7 Å². The highest BCUT2D eigenvalue weighted by Gasteiger charge is 2.31. The molecule has 0 radical (unpaired) electrons. The van der Waals surface area contributed by atoms with Crippen molar-refractivity contribution in [2.24, 2.45) is 4.99 Å². The molecule has 0 aliphatic carbocycles. The number of Topliss-reactive ketones (excluding diaryl/α,β-unsaturated/α-hetero) is 1. The van der Waals surface area contributed by atoms with Crippen LogP contribution in [0.3, 0.4) is 0 Å². The van der Waals surface area contributed by atoms with E-state index in [2.05, 4.69) is 9.73 Å². The second-order valence-electron chi connectivity index (χ2n) is 3.16. The summed E-state index contributed by atoms with van der Waals surface area (Å²) < 4.78 is 4.50. The van der Waals surface area contributed by atoms with Crippen molar-refractivity contribution in [3.8, 4) is 0 Å². The lowest BCUT2D eigenvalue weighted by Gasteiger charge is -2.15. The van der Waals surface area contributed by atoms with Crippen LogP contribution in [-0.2, 0) is 9.53 Å². The fourth-order valence-electron chi connectivity index (χ4n) is 1.48. The highest BCUT2D eigenvalue weighted by Crippen LogP contribution is 2.16. The van der Waals surface area contributed by atoms with Crippen molar-refractivity contribution in [3.05, 3.63) is 35.4 Å². The maximum atomic E-state index is 11.8. The van der Waals surface area contributed by atoms with Gasteiger partial charge in [-0.2, -0.15) is 0 Å². The van der Waals surface area contributed by atoms with Gasteiger partial charge in [-0.15, -0.1) is 0 Å². The Kier molecular flexibility index (Phi) is 2.33. The standard InChI is InChI=1S/C11H9NO3/c1-15-11(14)9-10(13)8-5-3-2-4-7(8)6-12-9/h2-6,9H,1H3. The number of nitrogens with zero attached hydrogens (tertiary/aromatic N) is 1. The Morgan fingerprint density at radius 1 is 1.40 bits per heavy atom. The molecule has 0 fully saturated rings. The third kappa shape index (κ3) is 1.54. The van der Waals surface area contributed by atoms with Gasteiger partial charge in [-0.3, -0.25) is 9.79 Å². The molecular formula is C11H9NO3. The van der Waals surface area contributed by atoms with E-state index in [9.17, 15) is 9.59 Å². The summed E-state index contributed by atoms with van der Waals surface area (Å²) >= 11 is 0. The van der Waals surface area contributed by atoms with Gasteiger partial charge in [0.05, 0.1) is 7.11 Å². The summed E-state index contributed by atoms with van der Waals surface area (Å²) in [6.45, 7) is 0. The first-order valence-corrected chi connectivity index (χ1v) is 4.48. The third-order valence-electron chi connectivity index (χ3n) is 2.26. The highest BCUT2D eigenvalue weighted by atomic mass is 16.5. The maximum Gasteiger partial charge on any atom is 0.338 e. The molecule has 76 valence electrons. The Balaban J connectivity index is 2.42. The van der Waals surface area contributed by atoms with Crippen LogP contribution in [0.1, 0.15) is 15.9 Å². The van der Waals surface area contributed by atoms with Crippen LogP contribution in [0.25, 0.3) is 0 Å². The van der Waals surface area contributed by atoms with Crippen molar-refractivity contribution < 1.29 is 14.3 Å². The summed E-state index contributed by atoms with van der Waals surface area (Å²) in [5.74, 6) is -0.925. The van der Waals surface area contributed by atoms with Gasteiger partial charge in [0, 0.05) is 17.3 Å². The number of fused-ring (bicyclic) bond motifs is 1. The molecule has 2 rings (SSSR count). The molecule has 0 spiro atoms. The van der Waals surface area contributed by atoms with Crippen LogP contribution < -0.4 is 0 Å². The molecule has 1 aliphatic rings. The molecule has 0 aromatic heterocycles. The van der Waals surface area contributed by atoms with E-state index in [4.69, 9.17) is 0 Å². The third-order valence-corrected chi connectivity index (χ3v) is 2.26. The number of carbonyl (C=O) groups excluding carboxylic acids is 2. The minimum absolute atomic E-state index is 0.306. The van der Waals surface area contributed by atoms with Crippen LogP contribution in [0, 0.1) is 0 Å². The molecule has 1 aromatic rings. The Morgan fingerprint density at radius 2 is 2.13 bits per heavy atom. The van der Waals surface area contributed by atoms with Crippen molar-refractivity contribution >= 4 is 18.0 Å². The molecule has 0 bridgehead atoms. The van der Waals surface area contributed by atoms with E-state index >= 15 is 0 Å². The molecule has 1 aliphatic heterocycles. The monoisotopic (exact) mass is 203 g/mol. The van der Waals surface area contributed by atoms with Gasteiger partial charge in [0.2, 0.25) is 6.04 Å². The fourth-order valence-corrected chi connectivity index (χ4v) is 1.48. The van der Waals surface area contributed by atoms with Gasteiger partial charge in [0.1, 0.15) is 0 Å². The minimum atomic E-state index is -1.04. The molecule has 0 saturated heterocycles. The van der Waals surface area contributed by atoms with Crippen molar-refractivity contribution in [2.75, 3.05) is 7.11 Å². The van der Waals surface area contributed by atoms with Crippen molar-refractivity contribution in [1.29, 1.82) is 0 Å². The van der Waals surface area contributed by atoms with Crippen LogP contribution in [0.4, 0.5) is 0 Å². The Bertz CT molecular complexity index is 451. The molecule has 4 heteroatoms. The summed E-state index contributed by atoms with van der Waals surface area (Å²) in [5, 5.41) is 0. The van der Waals surface area contributed by atoms with Crippen LogP contribution in [-0.4, -0.2) is 31.1 Å². The summed E-state index contributed by atoms with van der Waals surface area (Å²) in [4.78, 5) is 26.9. The van der Waals surface area contributed by atoms with E-state index in [0.29, 0.717) is 5.56 Å². The van der Waals surface area contributed by atoms with Crippen molar-refractivity contribution in [3.63, 3.8) is 0 Å². The maximum absolute atomic E-state index is 11.8. The summed E-state index contributed by atoms with van der Waals surface area (Å²) in [6.07, 6.45) is 1.53. The van der Waals surface area contributed by atoms with E-state index in [0.717, 1.165) is 5.56 Å². The van der Waals surface area contributed by atoms with Gasteiger partial charge in [-0.1, -0.05) is 24.3 Å². The van der Waals surface area contributed by atoms with E-state index in [1.54, 1.807) is 18.2 Å². The lowest BCUT2D eigenvalue weighted by Crippen LogP contribution is -2.32. The van der Waals surface area contributed by atoms with Gasteiger partial charge >= 0.3 is 5.97 Å². The first kappa shape index (κ1) is 9.58. The fraction of sp³-hybridized carbons (Fsp3) is 0.182. The minimum Gasteiger partial charge on any atom is -0.467 e. The normalized spacial score (nSPS) is 18.5. The van der Waals surface area contributed by atoms with E-state index in [1.165, 1.54) is 13.3 Å². The number of ketones is 1. The lowest BCUT2D eigenvalue weighted by molar-refractivity contribution is -0.140. The van der Waals surface area contributed by atoms with Crippen LogP contribution in [0.5, 0.6) is 0 Å². The van der Waals surface area contributed by atoms with Gasteiger partial charge < -0.3 is 4.74 Å². The first-order valence-electron chi connectivity index (χ1n) is 4.48. The molecule has 0 N–H and O–H groups in total. The lowest BCUT2D eigenvalue weighted by atomic mass is 9.97. The van der Waals surface area contributed by atoms with Crippen LogP contribution in [0.15, 0.2) is 29.3 Å². The average Bonchev–Trinajstić information content (AvgIpc) is 2.29. The number of rotatable bonds is 1. The number of ether oxygens (including phenoxy) is 1. The second-order valence-corrected chi connectivity index (χ2v) is 3.16. The molecule has 1 heterocycles. The van der Waals surface area contributed by atoms with Crippen LogP contribution >= 0.6 is 0 Å². The predicted molar refractivity (Wildman–Crippen MR) is 54.2 cm³/mol. The van der Waals surface area contributed by atoms with E-state index < -0.39 is 12.0 Å². The molecule has 4 nitrogen and oxygen atoms in total. The average molecular weight is 203 g/mol. The molecular weight excluding hydrogens is 194 g/mol. The van der Waals surface area contributed by atoms with Crippen LogP contribution in [0.2, 0.25) is 0 Å². The number of benzene rings is 1. The Labute approximate surface area is 86.6 Å². The van der Waals surface area contributed by atoms with Crippen molar-refractivity contribution in [2.45, 2.75) is 6.04 Å². The van der Waals surface area contributed by atoms with Gasteiger partial charge in [-0.05, 0) is 0 Å². The largest absolute Gasteiger partial charge is 0.467 e. The number of hydrogen-bond acceptors (Lipinski definition) is 4. The number of aliphatic imine (C=N–C) groups is 1.